The smallest absolute Gasteiger partial charge is 0.393 e. The summed E-state index contributed by atoms with van der Waals surface area (Å²) in [6, 6.07) is 0. The summed E-state index contributed by atoms with van der Waals surface area (Å²) in [5, 5.41) is 20.6. The molecule has 0 fully saturated rings. The van der Waals surface area contributed by atoms with Crippen molar-refractivity contribution in [1.82, 2.24) is 9.78 Å². The van der Waals surface area contributed by atoms with Crippen LogP contribution >= 0.6 is 11.6 Å². The van der Waals surface area contributed by atoms with Gasteiger partial charge in [0.05, 0.1) is 12.2 Å². The molecule has 1 unspecified atom stereocenters. The lowest BCUT2D eigenvalue weighted by Gasteiger charge is -2.09. The standard InChI is InChI=1S/C7H8ClF3N2O2/c1-13-6(8)4(3(15)2-14)5(12-13)7(9,10)11/h3,14-15H,2H2,1H3. The third-order valence-electron chi connectivity index (χ3n) is 1.79. The number of nitrogens with zero attached hydrogens (tertiary/aromatic N) is 2. The minimum Gasteiger partial charge on any atom is -0.393 e. The van der Waals surface area contributed by atoms with Crippen molar-refractivity contribution in [2.75, 3.05) is 6.61 Å². The molecule has 0 aliphatic carbocycles. The molecule has 1 heterocycles. The van der Waals surface area contributed by atoms with Gasteiger partial charge in [0.25, 0.3) is 0 Å². The predicted molar refractivity (Wildman–Crippen MR) is 45.3 cm³/mol. The quantitative estimate of drug-likeness (QED) is 0.820. The number of rotatable bonds is 2. The van der Waals surface area contributed by atoms with Crippen LogP contribution in [0, 0.1) is 0 Å². The zero-order valence-corrected chi connectivity index (χ0v) is 8.34. The van der Waals surface area contributed by atoms with E-state index in [4.69, 9.17) is 16.7 Å². The molecule has 0 aliphatic rings. The summed E-state index contributed by atoms with van der Waals surface area (Å²) in [6.45, 7) is -0.853. The average molecular weight is 245 g/mol. The van der Waals surface area contributed by atoms with Crippen molar-refractivity contribution in [2.24, 2.45) is 7.05 Å². The van der Waals surface area contributed by atoms with Gasteiger partial charge in [0.15, 0.2) is 5.69 Å². The molecule has 0 saturated heterocycles. The van der Waals surface area contributed by atoms with Crippen LogP contribution < -0.4 is 0 Å². The van der Waals surface area contributed by atoms with Gasteiger partial charge in [0.1, 0.15) is 11.3 Å². The summed E-state index contributed by atoms with van der Waals surface area (Å²) in [6.07, 6.45) is -6.40. The van der Waals surface area contributed by atoms with E-state index in [1.54, 1.807) is 0 Å². The van der Waals surface area contributed by atoms with Crippen LogP contribution in [0.3, 0.4) is 0 Å². The summed E-state index contributed by atoms with van der Waals surface area (Å²) < 4.78 is 38.0. The molecule has 15 heavy (non-hydrogen) atoms. The highest BCUT2D eigenvalue weighted by molar-refractivity contribution is 6.30. The van der Waals surface area contributed by atoms with E-state index in [2.05, 4.69) is 5.10 Å². The van der Waals surface area contributed by atoms with Crippen LogP contribution in [0.1, 0.15) is 17.4 Å². The minimum atomic E-state index is -4.71. The first-order valence-corrected chi connectivity index (χ1v) is 4.25. The summed E-state index contributed by atoms with van der Waals surface area (Å²) >= 11 is 5.52. The number of aliphatic hydroxyl groups excluding tert-OH is 2. The van der Waals surface area contributed by atoms with E-state index >= 15 is 0 Å². The molecule has 1 aromatic heterocycles. The average Bonchev–Trinajstić information content (AvgIpc) is 2.42. The summed E-state index contributed by atoms with van der Waals surface area (Å²) in [5.74, 6) is 0. The van der Waals surface area contributed by atoms with Crippen LogP contribution in [0.5, 0.6) is 0 Å². The molecule has 1 rings (SSSR count). The molecule has 2 N–H and O–H groups in total. The Bertz CT molecular complexity index is 364. The van der Waals surface area contributed by atoms with Crippen molar-refractivity contribution in [1.29, 1.82) is 0 Å². The summed E-state index contributed by atoms with van der Waals surface area (Å²) in [4.78, 5) is 0. The summed E-state index contributed by atoms with van der Waals surface area (Å²) in [5.41, 5.74) is -1.88. The monoisotopic (exact) mass is 244 g/mol. The van der Waals surface area contributed by atoms with Crippen molar-refractivity contribution < 1.29 is 23.4 Å². The van der Waals surface area contributed by atoms with Gasteiger partial charge in [0, 0.05) is 7.05 Å². The maximum atomic E-state index is 12.4. The molecule has 4 nitrogen and oxygen atoms in total. The molecule has 0 radical (unpaired) electrons. The Balaban J connectivity index is 3.34. The van der Waals surface area contributed by atoms with Gasteiger partial charge in [-0.25, -0.2) is 0 Å². The van der Waals surface area contributed by atoms with Gasteiger partial charge < -0.3 is 10.2 Å². The third kappa shape index (κ3) is 2.24. The minimum absolute atomic E-state index is 0.344. The lowest BCUT2D eigenvalue weighted by atomic mass is 10.1. The van der Waals surface area contributed by atoms with E-state index in [1.165, 1.54) is 7.05 Å². The lowest BCUT2D eigenvalue weighted by Crippen LogP contribution is -2.13. The molecule has 0 aromatic carbocycles. The van der Waals surface area contributed by atoms with Gasteiger partial charge in [-0.3, -0.25) is 4.68 Å². The second-order valence-electron chi connectivity index (χ2n) is 2.87. The number of aromatic nitrogens is 2. The topological polar surface area (TPSA) is 58.3 Å². The second kappa shape index (κ2) is 3.99. The first-order valence-electron chi connectivity index (χ1n) is 3.87. The van der Waals surface area contributed by atoms with Crippen LogP contribution in [0.15, 0.2) is 0 Å². The largest absolute Gasteiger partial charge is 0.435 e. The number of aryl methyl sites for hydroxylation is 1. The number of hydrogen-bond acceptors (Lipinski definition) is 3. The van der Waals surface area contributed by atoms with Gasteiger partial charge in [-0.15, -0.1) is 0 Å². The predicted octanol–water partition coefficient (Wildman–Crippen LogP) is 1.12. The van der Waals surface area contributed by atoms with Crippen molar-refractivity contribution >= 4 is 11.6 Å². The van der Waals surface area contributed by atoms with Crippen molar-refractivity contribution in [2.45, 2.75) is 12.3 Å². The maximum absolute atomic E-state index is 12.4. The van der Waals surface area contributed by atoms with Crippen molar-refractivity contribution in [3.05, 3.63) is 16.4 Å². The van der Waals surface area contributed by atoms with Crippen molar-refractivity contribution in [3.63, 3.8) is 0 Å². The zero-order chi connectivity index (χ0) is 11.8. The number of alkyl halides is 3. The fourth-order valence-corrected chi connectivity index (χ4v) is 1.37. The Hall–Kier alpha value is -0.790. The summed E-state index contributed by atoms with van der Waals surface area (Å²) in [7, 11) is 1.21. The molecule has 0 bridgehead atoms. The van der Waals surface area contributed by atoms with Crippen LogP contribution in [-0.2, 0) is 13.2 Å². The Morgan fingerprint density at radius 3 is 2.47 bits per heavy atom. The van der Waals surface area contributed by atoms with E-state index in [0.717, 1.165) is 4.68 Å². The first kappa shape index (κ1) is 12.3. The fraction of sp³-hybridized carbons (Fsp3) is 0.571. The fourth-order valence-electron chi connectivity index (χ4n) is 1.12. The Morgan fingerprint density at radius 1 is 1.53 bits per heavy atom. The molecule has 0 aliphatic heterocycles. The second-order valence-corrected chi connectivity index (χ2v) is 3.23. The zero-order valence-electron chi connectivity index (χ0n) is 7.59. The Morgan fingerprint density at radius 2 is 2.07 bits per heavy atom. The van der Waals surface area contributed by atoms with E-state index in [-0.39, 0.29) is 5.15 Å². The molecular weight excluding hydrogens is 237 g/mol. The normalized spacial score (nSPS) is 14.3. The molecule has 0 saturated carbocycles. The lowest BCUT2D eigenvalue weighted by molar-refractivity contribution is -0.143. The van der Waals surface area contributed by atoms with Gasteiger partial charge >= 0.3 is 6.18 Å². The molecular formula is C7H8ClF3N2O2. The Kier molecular flexibility index (Phi) is 3.27. The molecule has 1 atom stereocenters. The first-order chi connectivity index (χ1) is 6.79. The van der Waals surface area contributed by atoms with E-state index < -0.39 is 30.1 Å². The maximum Gasteiger partial charge on any atom is 0.435 e. The highest BCUT2D eigenvalue weighted by Crippen LogP contribution is 2.37. The van der Waals surface area contributed by atoms with Crippen LogP contribution in [0.2, 0.25) is 5.15 Å². The number of aliphatic hydroxyl groups is 2. The third-order valence-corrected chi connectivity index (χ3v) is 2.23. The molecule has 1 aromatic rings. The van der Waals surface area contributed by atoms with Crippen LogP contribution in [0.25, 0.3) is 0 Å². The van der Waals surface area contributed by atoms with Crippen LogP contribution in [-0.4, -0.2) is 26.6 Å². The molecule has 8 heteroatoms. The SMILES string of the molecule is Cn1nc(C(F)(F)F)c(C(O)CO)c1Cl. The van der Waals surface area contributed by atoms with Gasteiger partial charge in [-0.05, 0) is 0 Å². The molecule has 0 amide bonds. The van der Waals surface area contributed by atoms with E-state index in [0.29, 0.717) is 0 Å². The van der Waals surface area contributed by atoms with Crippen molar-refractivity contribution in [3.8, 4) is 0 Å². The number of halogens is 4. The highest BCUT2D eigenvalue weighted by atomic mass is 35.5. The Labute approximate surface area is 87.9 Å². The van der Waals surface area contributed by atoms with Gasteiger partial charge in [-0.2, -0.15) is 18.3 Å². The van der Waals surface area contributed by atoms with Gasteiger partial charge in [0.2, 0.25) is 0 Å². The van der Waals surface area contributed by atoms with E-state index in [9.17, 15) is 18.3 Å². The van der Waals surface area contributed by atoms with E-state index in [1.807, 2.05) is 0 Å². The molecule has 0 spiro atoms. The highest BCUT2D eigenvalue weighted by Gasteiger charge is 2.40. The number of hydrogen-bond donors (Lipinski definition) is 2. The molecule has 86 valence electrons. The van der Waals surface area contributed by atoms with Crippen LogP contribution in [0.4, 0.5) is 13.2 Å². The van der Waals surface area contributed by atoms with Gasteiger partial charge in [-0.1, -0.05) is 11.6 Å².